The SMILES string of the molecule is CCCCN(CC(CC)NCC)c1ccccc1. The van der Waals surface area contributed by atoms with Crippen LogP contribution in [-0.2, 0) is 0 Å². The van der Waals surface area contributed by atoms with Gasteiger partial charge in [-0.2, -0.15) is 0 Å². The van der Waals surface area contributed by atoms with Crippen molar-refractivity contribution in [1.82, 2.24) is 5.32 Å². The van der Waals surface area contributed by atoms with Crippen LogP contribution in [0.1, 0.15) is 40.0 Å². The Bertz CT molecular complexity index is 297. The molecule has 0 saturated heterocycles. The molecule has 0 aromatic heterocycles. The van der Waals surface area contributed by atoms with Crippen molar-refractivity contribution in [3.05, 3.63) is 30.3 Å². The van der Waals surface area contributed by atoms with E-state index in [2.05, 4.69) is 61.3 Å². The van der Waals surface area contributed by atoms with Gasteiger partial charge in [-0.15, -0.1) is 0 Å². The first-order chi connectivity index (χ1) is 8.81. The highest BCUT2D eigenvalue weighted by atomic mass is 15.2. The van der Waals surface area contributed by atoms with Crippen LogP contribution in [0.15, 0.2) is 30.3 Å². The molecule has 1 aromatic carbocycles. The fraction of sp³-hybridized carbons (Fsp3) is 0.625. The molecular formula is C16H28N2. The Morgan fingerprint density at radius 2 is 1.83 bits per heavy atom. The summed E-state index contributed by atoms with van der Waals surface area (Å²) >= 11 is 0. The average molecular weight is 248 g/mol. The first kappa shape index (κ1) is 15.0. The summed E-state index contributed by atoms with van der Waals surface area (Å²) in [6.45, 7) is 10.0. The third-order valence-electron chi connectivity index (χ3n) is 3.33. The van der Waals surface area contributed by atoms with E-state index < -0.39 is 0 Å². The van der Waals surface area contributed by atoms with E-state index in [0.29, 0.717) is 6.04 Å². The van der Waals surface area contributed by atoms with E-state index in [0.717, 1.165) is 19.6 Å². The summed E-state index contributed by atoms with van der Waals surface area (Å²) in [5.74, 6) is 0. The minimum atomic E-state index is 0.590. The molecule has 2 heteroatoms. The van der Waals surface area contributed by atoms with E-state index in [-0.39, 0.29) is 0 Å². The predicted molar refractivity (Wildman–Crippen MR) is 81.3 cm³/mol. The quantitative estimate of drug-likeness (QED) is 0.717. The highest BCUT2D eigenvalue weighted by Gasteiger charge is 2.11. The molecule has 102 valence electrons. The van der Waals surface area contributed by atoms with E-state index in [1.807, 2.05) is 0 Å². The molecule has 0 amide bonds. The zero-order valence-corrected chi connectivity index (χ0v) is 12.2. The van der Waals surface area contributed by atoms with Gasteiger partial charge < -0.3 is 10.2 Å². The number of hydrogen-bond acceptors (Lipinski definition) is 2. The highest BCUT2D eigenvalue weighted by molar-refractivity contribution is 5.46. The molecular weight excluding hydrogens is 220 g/mol. The maximum absolute atomic E-state index is 3.57. The van der Waals surface area contributed by atoms with Crippen molar-refractivity contribution >= 4 is 5.69 Å². The Morgan fingerprint density at radius 3 is 2.39 bits per heavy atom. The van der Waals surface area contributed by atoms with Gasteiger partial charge in [-0.05, 0) is 31.5 Å². The van der Waals surface area contributed by atoms with Gasteiger partial charge in [-0.1, -0.05) is 45.4 Å². The van der Waals surface area contributed by atoms with Gasteiger partial charge in [0.25, 0.3) is 0 Å². The summed E-state index contributed by atoms with van der Waals surface area (Å²) < 4.78 is 0. The number of hydrogen-bond donors (Lipinski definition) is 1. The molecule has 0 heterocycles. The third kappa shape index (κ3) is 5.09. The first-order valence-electron chi connectivity index (χ1n) is 7.35. The molecule has 2 nitrogen and oxygen atoms in total. The fourth-order valence-electron chi connectivity index (χ4n) is 2.21. The molecule has 0 aliphatic rings. The van der Waals surface area contributed by atoms with Crippen molar-refractivity contribution < 1.29 is 0 Å². The number of nitrogens with zero attached hydrogens (tertiary/aromatic N) is 1. The van der Waals surface area contributed by atoms with Gasteiger partial charge in [0.2, 0.25) is 0 Å². The van der Waals surface area contributed by atoms with Crippen LogP contribution in [0, 0.1) is 0 Å². The Kier molecular flexibility index (Phi) is 7.51. The van der Waals surface area contributed by atoms with Gasteiger partial charge in [0.1, 0.15) is 0 Å². The van der Waals surface area contributed by atoms with Crippen molar-refractivity contribution in [3.8, 4) is 0 Å². The summed E-state index contributed by atoms with van der Waals surface area (Å²) in [7, 11) is 0. The van der Waals surface area contributed by atoms with Crippen molar-refractivity contribution in [2.45, 2.75) is 46.1 Å². The van der Waals surface area contributed by atoms with Crippen molar-refractivity contribution in [1.29, 1.82) is 0 Å². The van der Waals surface area contributed by atoms with Crippen molar-refractivity contribution in [3.63, 3.8) is 0 Å². The van der Waals surface area contributed by atoms with E-state index in [1.165, 1.54) is 24.9 Å². The summed E-state index contributed by atoms with van der Waals surface area (Å²) in [6, 6.07) is 11.4. The van der Waals surface area contributed by atoms with Gasteiger partial charge in [0.05, 0.1) is 0 Å². The Morgan fingerprint density at radius 1 is 1.11 bits per heavy atom. The zero-order valence-electron chi connectivity index (χ0n) is 12.2. The van der Waals surface area contributed by atoms with Crippen LogP contribution < -0.4 is 10.2 Å². The standard InChI is InChI=1S/C16H28N2/c1-4-7-13-18(14-15(5-2)17-6-3)16-11-9-8-10-12-16/h8-12,15,17H,4-7,13-14H2,1-3H3. The zero-order chi connectivity index (χ0) is 13.2. The van der Waals surface area contributed by atoms with E-state index in [9.17, 15) is 0 Å². The van der Waals surface area contributed by atoms with Gasteiger partial charge in [0, 0.05) is 24.8 Å². The lowest BCUT2D eigenvalue weighted by atomic mass is 10.1. The number of rotatable bonds is 9. The smallest absolute Gasteiger partial charge is 0.0366 e. The summed E-state index contributed by atoms with van der Waals surface area (Å²) in [5, 5.41) is 3.57. The second-order valence-corrected chi connectivity index (χ2v) is 4.80. The molecule has 0 bridgehead atoms. The average Bonchev–Trinajstić information content (AvgIpc) is 2.43. The maximum Gasteiger partial charge on any atom is 0.0366 e. The second-order valence-electron chi connectivity index (χ2n) is 4.80. The van der Waals surface area contributed by atoms with Crippen LogP contribution in [0.4, 0.5) is 5.69 Å². The Labute approximate surface area is 112 Å². The third-order valence-corrected chi connectivity index (χ3v) is 3.33. The topological polar surface area (TPSA) is 15.3 Å². The minimum Gasteiger partial charge on any atom is -0.370 e. The Hall–Kier alpha value is -1.02. The van der Waals surface area contributed by atoms with Crippen LogP contribution in [0.5, 0.6) is 0 Å². The number of nitrogens with one attached hydrogen (secondary N) is 1. The molecule has 0 spiro atoms. The summed E-state index contributed by atoms with van der Waals surface area (Å²) in [5.41, 5.74) is 1.35. The predicted octanol–water partition coefficient (Wildman–Crippen LogP) is 3.68. The van der Waals surface area contributed by atoms with Crippen LogP contribution in [0.2, 0.25) is 0 Å². The summed E-state index contributed by atoms with van der Waals surface area (Å²) in [4.78, 5) is 2.51. The first-order valence-corrected chi connectivity index (χ1v) is 7.35. The lowest BCUT2D eigenvalue weighted by Crippen LogP contribution is -2.41. The van der Waals surface area contributed by atoms with Crippen molar-refractivity contribution in [2.75, 3.05) is 24.5 Å². The van der Waals surface area contributed by atoms with Crippen LogP contribution in [-0.4, -0.2) is 25.7 Å². The molecule has 0 radical (unpaired) electrons. The van der Waals surface area contributed by atoms with Crippen LogP contribution in [0.3, 0.4) is 0 Å². The lowest BCUT2D eigenvalue weighted by molar-refractivity contribution is 0.499. The molecule has 1 unspecified atom stereocenters. The minimum absolute atomic E-state index is 0.590. The van der Waals surface area contributed by atoms with Gasteiger partial charge in [-0.3, -0.25) is 0 Å². The maximum atomic E-state index is 3.57. The number of para-hydroxylation sites is 1. The molecule has 0 saturated carbocycles. The van der Waals surface area contributed by atoms with E-state index in [4.69, 9.17) is 0 Å². The number of unbranched alkanes of at least 4 members (excludes halogenated alkanes) is 1. The Balaban J connectivity index is 2.65. The molecule has 0 aliphatic heterocycles. The molecule has 1 aromatic rings. The van der Waals surface area contributed by atoms with Crippen molar-refractivity contribution in [2.24, 2.45) is 0 Å². The molecule has 1 N–H and O–H groups in total. The second kappa shape index (κ2) is 8.98. The van der Waals surface area contributed by atoms with Crippen LogP contribution >= 0.6 is 0 Å². The molecule has 1 atom stereocenters. The molecule has 1 rings (SSSR count). The molecule has 0 aliphatic carbocycles. The van der Waals surface area contributed by atoms with Gasteiger partial charge in [0.15, 0.2) is 0 Å². The number of benzene rings is 1. The van der Waals surface area contributed by atoms with Crippen LogP contribution in [0.25, 0.3) is 0 Å². The largest absolute Gasteiger partial charge is 0.370 e. The monoisotopic (exact) mass is 248 g/mol. The molecule has 18 heavy (non-hydrogen) atoms. The fourth-order valence-corrected chi connectivity index (χ4v) is 2.21. The van der Waals surface area contributed by atoms with E-state index >= 15 is 0 Å². The van der Waals surface area contributed by atoms with Gasteiger partial charge >= 0.3 is 0 Å². The van der Waals surface area contributed by atoms with E-state index in [1.54, 1.807) is 0 Å². The van der Waals surface area contributed by atoms with Gasteiger partial charge in [-0.25, -0.2) is 0 Å². The molecule has 0 fully saturated rings. The lowest BCUT2D eigenvalue weighted by Gasteiger charge is -2.29. The highest BCUT2D eigenvalue weighted by Crippen LogP contribution is 2.15. The normalized spacial score (nSPS) is 12.4. The summed E-state index contributed by atoms with van der Waals surface area (Å²) in [6.07, 6.45) is 3.70. The number of likely N-dealkylation sites (N-methyl/N-ethyl adjacent to an activating group) is 1. The number of anilines is 1.